The van der Waals surface area contributed by atoms with E-state index in [-0.39, 0.29) is 11.8 Å². The van der Waals surface area contributed by atoms with Crippen molar-refractivity contribution in [3.63, 3.8) is 0 Å². The van der Waals surface area contributed by atoms with Crippen LogP contribution in [0, 0.1) is 5.82 Å². The van der Waals surface area contributed by atoms with Crippen molar-refractivity contribution < 1.29 is 13.9 Å². The minimum Gasteiger partial charge on any atom is -0.442 e. The van der Waals surface area contributed by atoms with Gasteiger partial charge in [0.1, 0.15) is 5.82 Å². The van der Waals surface area contributed by atoms with E-state index >= 15 is 0 Å². The lowest BCUT2D eigenvalue weighted by atomic mass is 10.2. The highest BCUT2D eigenvalue weighted by Gasteiger charge is 2.27. The number of halogens is 1. The van der Waals surface area contributed by atoms with Crippen LogP contribution in [0.4, 0.5) is 4.39 Å². The van der Waals surface area contributed by atoms with Gasteiger partial charge in [-0.05, 0) is 24.3 Å². The molecule has 3 rings (SSSR count). The molecule has 0 aromatic heterocycles. The van der Waals surface area contributed by atoms with Crippen LogP contribution in [0.3, 0.4) is 0 Å². The van der Waals surface area contributed by atoms with Crippen molar-refractivity contribution in [3.05, 3.63) is 65.5 Å². The number of esters is 1. The predicted molar refractivity (Wildman–Crippen MR) is 66.9 cm³/mol. The van der Waals surface area contributed by atoms with E-state index in [4.69, 9.17) is 4.74 Å². The lowest BCUT2D eigenvalue weighted by Gasteiger charge is -2.24. The molecule has 2 aromatic carbocycles. The quantitative estimate of drug-likeness (QED) is 0.730. The molecule has 0 N–H and O–H groups in total. The summed E-state index contributed by atoms with van der Waals surface area (Å²) < 4.78 is 18.2. The van der Waals surface area contributed by atoms with Crippen LogP contribution < -0.4 is 0 Å². The molecule has 4 heteroatoms. The van der Waals surface area contributed by atoms with Gasteiger partial charge in [-0.25, -0.2) is 9.18 Å². The number of carbonyl (C=O) groups excluding carboxylic acids is 1. The fourth-order valence-corrected chi connectivity index (χ4v) is 2.89. The number of ether oxygens (including phenoxy) is 1. The Kier molecular flexibility index (Phi) is 2.80. The molecule has 0 aliphatic carbocycles. The van der Waals surface area contributed by atoms with E-state index in [2.05, 4.69) is 0 Å². The van der Waals surface area contributed by atoms with Crippen LogP contribution in [0.1, 0.15) is 21.4 Å². The fourth-order valence-electron chi connectivity index (χ4n) is 1.79. The van der Waals surface area contributed by atoms with Gasteiger partial charge in [-0.1, -0.05) is 36.0 Å². The fraction of sp³-hybridized carbons (Fsp3) is 0.0714. The molecule has 2 aromatic rings. The molecule has 1 aliphatic rings. The van der Waals surface area contributed by atoms with Gasteiger partial charge in [0, 0.05) is 10.5 Å². The average molecular weight is 260 g/mol. The van der Waals surface area contributed by atoms with Gasteiger partial charge < -0.3 is 4.74 Å². The van der Waals surface area contributed by atoms with Crippen molar-refractivity contribution in [3.8, 4) is 0 Å². The van der Waals surface area contributed by atoms with Crippen molar-refractivity contribution >= 4 is 17.7 Å². The smallest absolute Gasteiger partial charge is 0.340 e. The van der Waals surface area contributed by atoms with Crippen LogP contribution in [0.25, 0.3) is 0 Å². The first-order chi connectivity index (χ1) is 8.74. The molecule has 1 atom stereocenters. The normalized spacial score (nSPS) is 18.1. The highest BCUT2D eigenvalue weighted by atomic mass is 32.2. The van der Waals surface area contributed by atoms with Crippen LogP contribution in [0.5, 0.6) is 0 Å². The molecule has 18 heavy (non-hydrogen) atoms. The predicted octanol–water partition coefficient (Wildman–Crippen LogP) is 3.79. The topological polar surface area (TPSA) is 26.3 Å². The SMILES string of the molecule is O=C1OC(c2ccc(F)cc2)Sc2ccccc21. The third-order valence-electron chi connectivity index (χ3n) is 2.70. The number of rotatable bonds is 1. The lowest BCUT2D eigenvalue weighted by molar-refractivity contribution is 0.0440. The first kappa shape index (κ1) is 11.3. The molecule has 1 unspecified atom stereocenters. The summed E-state index contributed by atoms with van der Waals surface area (Å²) in [7, 11) is 0. The van der Waals surface area contributed by atoms with Crippen LogP contribution in [0.2, 0.25) is 0 Å². The van der Waals surface area contributed by atoms with Crippen LogP contribution in [-0.4, -0.2) is 5.97 Å². The maximum atomic E-state index is 12.9. The van der Waals surface area contributed by atoms with E-state index in [9.17, 15) is 9.18 Å². The summed E-state index contributed by atoms with van der Waals surface area (Å²) in [5.74, 6) is -0.634. The maximum absolute atomic E-state index is 12.9. The molecule has 1 heterocycles. The second-order valence-electron chi connectivity index (χ2n) is 3.90. The first-order valence-corrected chi connectivity index (χ1v) is 6.34. The Balaban J connectivity index is 1.94. The summed E-state index contributed by atoms with van der Waals surface area (Å²) in [6, 6.07) is 13.3. The Morgan fingerprint density at radius 1 is 1.06 bits per heavy atom. The number of carbonyl (C=O) groups is 1. The average Bonchev–Trinajstić information content (AvgIpc) is 2.39. The molecule has 1 aliphatic heterocycles. The van der Waals surface area contributed by atoms with Gasteiger partial charge in [0.25, 0.3) is 0 Å². The van der Waals surface area contributed by atoms with Gasteiger partial charge in [0.2, 0.25) is 0 Å². The Labute approximate surface area is 108 Å². The largest absolute Gasteiger partial charge is 0.442 e. The molecule has 0 spiro atoms. The van der Waals surface area contributed by atoms with E-state index in [1.807, 2.05) is 12.1 Å². The van der Waals surface area contributed by atoms with Crippen LogP contribution in [-0.2, 0) is 4.74 Å². The molecular formula is C14H9FO2S. The number of hydrogen-bond donors (Lipinski definition) is 0. The number of thioether (sulfide) groups is 1. The van der Waals surface area contributed by atoms with E-state index in [1.165, 1.54) is 23.9 Å². The molecule has 0 saturated carbocycles. The Hall–Kier alpha value is -1.81. The van der Waals surface area contributed by atoms with E-state index in [0.717, 1.165) is 10.5 Å². The number of cyclic esters (lactones) is 1. The highest BCUT2D eigenvalue weighted by molar-refractivity contribution is 7.99. The zero-order valence-electron chi connectivity index (χ0n) is 9.30. The van der Waals surface area contributed by atoms with E-state index in [0.29, 0.717) is 5.56 Å². The van der Waals surface area contributed by atoms with Gasteiger partial charge >= 0.3 is 5.97 Å². The highest BCUT2D eigenvalue weighted by Crippen LogP contribution is 2.42. The van der Waals surface area contributed by atoms with Gasteiger partial charge in [-0.15, -0.1) is 0 Å². The molecule has 0 bridgehead atoms. The summed E-state index contributed by atoms with van der Waals surface area (Å²) >= 11 is 1.45. The molecule has 2 nitrogen and oxygen atoms in total. The van der Waals surface area contributed by atoms with Gasteiger partial charge in [0.15, 0.2) is 5.44 Å². The van der Waals surface area contributed by atoms with Gasteiger partial charge in [-0.3, -0.25) is 0 Å². The first-order valence-electron chi connectivity index (χ1n) is 5.46. The standard InChI is InChI=1S/C14H9FO2S/c15-10-7-5-9(6-8-10)14-17-13(16)11-3-1-2-4-12(11)18-14/h1-8,14H. The molecule has 0 radical (unpaired) electrons. The maximum Gasteiger partial charge on any atom is 0.340 e. The second-order valence-corrected chi connectivity index (χ2v) is 5.01. The summed E-state index contributed by atoms with van der Waals surface area (Å²) in [6.07, 6.45) is 0. The number of hydrogen-bond acceptors (Lipinski definition) is 3. The third-order valence-corrected chi connectivity index (χ3v) is 3.89. The number of benzene rings is 2. The zero-order chi connectivity index (χ0) is 12.5. The van der Waals surface area contributed by atoms with Gasteiger partial charge in [-0.2, -0.15) is 0 Å². The van der Waals surface area contributed by atoms with Crippen LogP contribution >= 0.6 is 11.8 Å². The van der Waals surface area contributed by atoms with Crippen molar-refractivity contribution in [1.29, 1.82) is 0 Å². The summed E-state index contributed by atoms with van der Waals surface area (Å²) in [6.45, 7) is 0. The van der Waals surface area contributed by atoms with Gasteiger partial charge in [0.05, 0.1) is 5.56 Å². The summed E-state index contributed by atoms with van der Waals surface area (Å²) in [5, 5.41) is 0. The third kappa shape index (κ3) is 1.99. The zero-order valence-corrected chi connectivity index (χ0v) is 10.1. The molecule has 0 fully saturated rings. The Bertz CT molecular complexity index is 595. The Morgan fingerprint density at radius 3 is 2.56 bits per heavy atom. The number of fused-ring (bicyclic) bond motifs is 1. The van der Waals surface area contributed by atoms with Crippen molar-refractivity contribution in [2.24, 2.45) is 0 Å². The van der Waals surface area contributed by atoms with E-state index in [1.54, 1.807) is 24.3 Å². The van der Waals surface area contributed by atoms with Crippen molar-refractivity contribution in [1.82, 2.24) is 0 Å². The van der Waals surface area contributed by atoms with Crippen LogP contribution in [0.15, 0.2) is 53.4 Å². The molecule has 0 amide bonds. The molecular weight excluding hydrogens is 251 g/mol. The minimum absolute atomic E-state index is 0.300. The summed E-state index contributed by atoms with van der Waals surface area (Å²) in [4.78, 5) is 12.7. The molecule has 0 saturated heterocycles. The lowest BCUT2D eigenvalue weighted by Crippen LogP contribution is -2.15. The monoisotopic (exact) mass is 260 g/mol. The summed E-state index contributed by atoms with van der Waals surface area (Å²) in [5.41, 5.74) is 0.957. The molecule has 90 valence electrons. The van der Waals surface area contributed by atoms with Crippen molar-refractivity contribution in [2.45, 2.75) is 10.3 Å². The van der Waals surface area contributed by atoms with E-state index < -0.39 is 5.44 Å². The Morgan fingerprint density at radius 2 is 1.78 bits per heavy atom. The minimum atomic E-state index is -0.409. The second kappa shape index (κ2) is 4.46. The van der Waals surface area contributed by atoms with Crippen molar-refractivity contribution in [2.75, 3.05) is 0 Å².